The molecule has 12 N–H and O–H groups in total. The van der Waals surface area contributed by atoms with Crippen LogP contribution in [0.5, 0.6) is 17.2 Å². The number of aromatic nitrogens is 1. The Bertz CT molecular complexity index is 2410. The molecule has 5 atom stereocenters. The summed E-state index contributed by atoms with van der Waals surface area (Å²) in [5, 5.41) is 40.2. The SMILES string of the molecule is CC[C@H](NC(=O)c1c(C)cc(-c2ccc(C(C)(C)C)cc2)nc1N)C(=O)N(C)[C@@H]1C(=O)N[C@@H](C)C(=O)N[C@H](C(=O)O)Cc2ccc(OCCCN)c(c2)-c2cc1cc(OC[C@H](O)CN)c2O. The van der Waals surface area contributed by atoms with Crippen molar-refractivity contribution in [3.05, 3.63) is 88.5 Å². The van der Waals surface area contributed by atoms with Crippen LogP contribution in [-0.4, -0.2) is 112 Å². The van der Waals surface area contributed by atoms with Gasteiger partial charge in [0.05, 0.1) is 17.9 Å². The van der Waals surface area contributed by atoms with Crippen molar-refractivity contribution >= 4 is 35.4 Å². The summed E-state index contributed by atoms with van der Waals surface area (Å²) in [6.45, 7) is 11.0. The number of rotatable bonds is 15. The molecule has 0 saturated heterocycles. The normalized spacial score (nSPS) is 17.3. The number of nitrogen functional groups attached to an aromatic ring is 1. The minimum Gasteiger partial charge on any atom is -0.504 e. The maximum absolute atomic E-state index is 14.7. The molecule has 0 saturated carbocycles. The average Bonchev–Trinajstić information content (AvgIpc) is 3.27. The quantitative estimate of drug-likeness (QED) is 0.0776. The first-order chi connectivity index (χ1) is 31.2. The number of hydrogen-bond donors (Lipinski definition) is 9. The summed E-state index contributed by atoms with van der Waals surface area (Å²) in [5.41, 5.74) is 21.6. The standard InChI is InChI=1S/C48H62N8O10/c1-8-34(54-44(60)39-25(2)18-35(53-42(39)51)28-11-13-30(14-12-28)48(4,5)6)46(62)56(7)40-29-21-33(41(58)38(22-29)66-24-31(57)23-50)32-19-27(10-15-37(32)65-17-9-16-49)20-36(47(63)64)55-43(59)26(3)52-45(40)61/h10-15,18-19,21-22,26,31,34,36,40,57-58H,8-9,16-17,20,23-24,49-50H2,1-7H3,(H2,51,53)(H,52,61)(H,54,60)(H,55,59)(H,63,64)/t26-,31+,34-,36-,40-/m0/s1. The summed E-state index contributed by atoms with van der Waals surface area (Å²) in [7, 11) is 1.34. The van der Waals surface area contributed by atoms with E-state index in [-0.39, 0.29) is 77.6 Å². The lowest BCUT2D eigenvalue weighted by molar-refractivity contribution is -0.143. The Morgan fingerprint density at radius 1 is 0.970 bits per heavy atom. The zero-order valence-electron chi connectivity index (χ0n) is 38.4. The molecule has 3 aromatic carbocycles. The first-order valence-electron chi connectivity index (χ1n) is 21.8. The molecule has 1 aliphatic rings. The summed E-state index contributed by atoms with van der Waals surface area (Å²) in [5.74, 6) is -4.90. The first-order valence-corrected chi connectivity index (χ1v) is 21.8. The fourth-order valence-corrected chi connectivity index (χ4v) is 7.53. The molecule has 4 amide bonds. The molecule has 0 unspecified atom stereocenters. The van der Waals surface area contributed by atoms with E-state index in [1.807, 2.05) is 24.3 Å². The number of fused-ring (bicyclic) bond motifs is 5. The minimum absolute atomic E-state index is 0.0554. The zero-order chi connectivity index (χ0) is 48.6. The number of likely N-dealkylation sites (N-methyl/N-ethyl adjacent to an activating group) is 1. The van der Waals surface area contributed by atoms with Gasteiger partial charge in [-0.2, -0.15) is 0 Å². The van der Waals surface area contributed by atoms with Crippen molar-refractivity contribution < 1.29 is 48.8 Å². The summed E-state index contributed by atoms with van der Waals surface area (Å²) < 4.78 is 12.0. The number of carboxylic acid groups (broad SMARTS) is 1. The maximum atomic E-state index is 14.7. The van der Waals surface area contributed by atoms with Gasteiger partial charge in [-0.1, -0.05) is 58.0 Å². The predicted octanol–water partition coefficient (Wildman–Crippen LogP) is 3.07. The second-order valence-electron chi connectivity index (χ2n) is 17.5. The molecule has 0 aliphatic carbocycles. The van der Waals surface area contributed by atoms with Crippen molar-refractivity contribution in [2.24, 2.45) is 11.5 Å². The van der Waals surface area contributed by atoms with E-state index in [9.17, 15) is 39.3 Å². The fourth-order valence-electron chi connectivity index (χ4n) is 7.53. The number of aryl methyl sites for hydroxylation is 1. The Kier molecular flexibility index (Phi) is 16.4. The smallest absolute Gasteiger partial charge is 0.326 e. The number of carbonyl (C=O) groups is 5. The molecule has 0 radical (unpaired) electrons. The highest BCUT2D eigenvalue weighted by Crippen LogP contribution is 2.45. The van der Waals surface area contributed by atoms with E-state index >= 15 is 0 Å². The van der Waals surface area contributed by atoms with E-state index in [0.717, 1.165) is 16.0 Å². The number of hydrogen-bond acceptors (Lipinski definition) is 13. The Balaban J connectivity index is 1.60. The van der Waals surface area contributed by atoms with E-state index < -0.39 is 65.6 Å². The van der Waals surface area contributed by atoms with E-state index in [0.29, 0.717) is 29.8 Å². The number of pyridine rings is 1. The van der Waals surface area contributed by atoms with Crippen LogP contribution in [0.3, 0.4) is 0 Å². The number of benzene rings is 3. The number of aliphatic hydroxyl groups excluding tert-OH is 1. The second kappa shape index (κ2) is 21.5. The second-order valence-corrected chi connectivity index (χ2v) is 17.5. The number of carboxylic acids is 1. The van der Waals surface area contributed by atoms with Crippen LogP contribution in [0.15, 0.2) is 60.7 Å². The molecule has 1 aromatic heterocycles. The van der Waals surface area contributed by atoms with Crippen molar-refractivity contribution in [2.45, 2.75) is 96.5 Å². The highest BCUT2D eigenvalue weighted by Gasteiger charge is 2.37. The van der Waals surface area contributed by atoms with Crippen molar-refractivity contribution in [1.29, 1.82) is 0 Å². The third-order valence-electron chi connectivity index (χ3n) is 11.4. The molecule has 66 heavy (non-hydrogen) atoms. The van der Waals surface area contributed by atoms with Crippen molar-refractivity contribution in [2.75, 3.05) is 39.1 Å². The van der Waals surface area contributed by atoms with E-state index in [1.165, 1.54) is 26.1 Å². The van der Waals surface area contributed by atoms with Gasteiger partial charge in [-0.15, -0.1) is 0 Å². The first kappa shape index (κ1) is 50.2. The van der Waals surface area contributed by atoms with Gasteiger partial charge in [0.2, 0.25) is 17.7 Å². The molecule has 4 aromatic rings. The Morgan fingerprint density at radius 2 is 1.67 bits per heavy atom. The van der Waals surface area contributed by atoms with Crippen LogP contribution >= 0.6 is 0 Å². The summed E-state index contributed by atoms with van der Waals surface area (Å²) in [6.07, 6.45) is -0.813. The lowest BCUT2D eigenvalue weighted by Crippen LogP contribution is -2.54. The van der Waals surface area contributed by atoms with Gasteiger partial charge in [-0.25, -0.2) is 9.78 Å². The third kappa shape index (κ3) is 11.7. The van der Waals surface area contributed by atoms with Gasteiger partial charge in [-0.05, 0) is 91.2 Å². The number of nitrogens with one attached hydrogen (secondary N) is 3. The number of nitrogens with two attached hydrogens (primary N) is 3. The summed E-state index contributed by atoms with van der Waals surface area (Å²) in [4.78, 5) is 74.8. The monoisotopic (exact) mass is 910 g/mol. The highest BCUT2D eigenvalue weighted by molar-refractivity contribution is 6.03. The van der Waals surface area contributed by atoms with Crippen LogP contribution in [0.1, 0.15) is 86.1 Å². The van der Waals surface area contributed by atoms with Crippen LogP contribution in [0.4, 0.5) is 5.82 Å². The molecule has 1 aliphatic heterocycles. The molecule has 18 heteroatoms. The van der Waals surface area contributed by atoms with Crippen LogP contribution in [0.25, 0.3) is 22.4 Å². The van der Waals surface area contributed by atoms with Crippen LogP contribution in [-0.2, 0) is 31.0 Å². The number of aromatic hydroxyl groups is 1. The van der Waals surface area contributed by atoms with Crippen molar-refractivity contribution in [3.8, 4) is 39.6 Å². The van der Waals surface area contributed by atoms with Crippen LogP contribution < -0.4 is 42.6 Å². The number of phenolic OH excluding ortho intramolecular Hbond substituents is 1. The number of aliphatic carboxylic acids is 1. The molecule has 5 rings (SSSR count). The van der Waals surface area contributed by atoms with Crippen molar-refractivity contribution in [1.82, 2.24) is 25.8 Å². The van der Waals surface area contributed by atoms with E-state index in [2.05, 4.69) is 41.7 Å². The van der Waals surface area contributed by atoms with Gasteiger partial charge in [0.25, 0.3) is 5.91 Å². The maximum Gasteiger partial charge on any atom is 0.326 e. The lowest BCUT2D eigenvalue weighted by Gasteiger charge is -2.32. The van der Waals surface area contributed by atoms with Gasteiger partial charge in [0.1, 0.15) is 48.4 Å². The van der Waals surface area contributed by atoms with E-state index in [4.69, 9.17) is 26.7 Å². The van der Waals surface area contributed by atoms with Crippen LogP contribution in [0.2, 0.25) is 0 Å². The van der Waals surface area contributed by atoms with Crippen molar-refractivity contribution in [3.63, 3.8) is 0 Å². The topological polar surface area (TPSA) is 295 Å². The molecule has 0 spiro atoms. The number of carbonyl (C=O) groups excluding carboxylic acids is 4. The molecular weight excluding hydrogens is 849 g/mol. The Labute approximate surface area is 384 Å². The van der Waals surface area contributed by atoms with Gasteiger partial charge < -0.3 is 62.8 Å². The minimum atomic E-state index is -1.58. The molecular formula is C48H62N8O10. The molecule has 2 heterocycles. The number of phenols is 1. The fraction of sp³-hybridized carbons (Fsp3) is 0.417. The van der Waals surface area contributed by atoms with Gasteiger partial charge in [-0.3, -0.25) is 19.2 Å². The number of anilines is 1. The predicted molar refractivity (Wildman–Crippen MR) is 249 cm³/mol. The molecule has 0 fully saturated rings. The summed E-state index contributed by atoms with van der Waals surface area (Å²) in [6, 6.07) is 11.6. The van der Waals surface area contributed by atoms with Crippen LogP contribution in [0, 0.1) is 6.92 Å². The molecule has 4 bridgehead atoms. The molecule has 354 valence electrons. The van der Waals surface area contributed by atoms with Gasteiger partial charge in [0, 0.05) is 36.7 Å². The average molecular weight is 911 g/mol. The lowest BCUT2D eigenvalue weighted by atomic mass is 9.86. The molecule has 18 nitrogen and oxygen atoms in total. The number of aliphatic hydroxyl groups is 1. The third-order valence-corrected chi connectivity index (χ3v) is 11.4. The largest absolute Gasteiger partial charge is 0.504 e. The number of ether oxygens (including phenoxy) is 2. The number of amides is 4. The zero-order valence-corrected chi connectivity index (χ0v) is 38.4. The highest BCUT2D eigenvalue weighted by atomic mass is 16.5. The van der Waals surface area contributed by atoms with Gasteiger partial charge >= 0.3 is 5.97 Å². The Hall–Kier alpha value is -6.76. The van der Waals surface area contributed by atoms with Gasteiger partial charge in [0.15, 0.2) is 11.5 Å². The Morgan fingerprint density at radius 3 is 2.27 bits per heavy atom. The number of nitrogens with zero attached hydrogens (tertiary/aromatic N) is 2. The summed E-state index contributed by atoms with van der Waals surface area (Å²) >= 11 is 0. The van der Waals surface area contributed by atoms with E-state index in [1.54, 1.807) is 38.1 Å².